The van der Waals surface area contributed by atoms with E-state index in [2.05, 4.69) is 30.8 Å². The minimum Gasteiger partial charge on any atom is -0.378 e. The largest absolute Gasteiger partial charge is 0.378 e. The number of anilines is 3. The Morgan fingerprint density at radius 1 is 1.19 bits per heavy atom. The number of hydrogen-bond donors (Lipinski definition) is 3. The molecule has 0 unspecified atom stereocenters. The molecule has 138 valence electrons. The lowest BCUT2D eigenvalue weighted by molar-refractivity contribution is 0.122. The number of rotatable bonds is 6. The monoisotopic (exact) mass is 376 g/mol. The standard InChI is InChI=1S/C17H21ClN6O2/c18-13-2-1-3-14(10-13)23-17(25)20-5-4-19-15-11-16(22-12-21-15)24-6-8-26-9-7-24/h1-3,10-12H,4-9H2,(H,19,21,22)(H2,20,23,25). The van der Waals surface area contributed by atoms with Crippen LogP contribution in [0.5, 0.6) is 0 Å². The van der Waals surface area contributed by atoms with Gasteiger partial charge >= 0.3 is 6.03 Å². The van der Waals surface area contributed by atoms with E-state index in [4.69, 9.17) is 16.3 Å². The maximum atomic E-state index is 11.9. The number of halogens is 1. The van der Waals surface area contributed by atoms with E-state index in [9.17, 15) is 4.79 Å². The van der Waals surface area contributed by atoms with Crippen LogP contribution in [0.25, 0.3) is 0 Å². The third kappa shape index (κ3) is 5.47. The quantitative estimate of drug-likeness (QED) is 0.669. The highest BCUT2D eigenvalue weighted by molar-refractivity contribution is 6.30. The Labute approximate surface area is 156 Å². The first kappa shape index (κ1) is 18.2. The number of carbonyl (C=O) groups is 1. The van der Waals surface area contributed by atoms with Crippen LogP contribution in [0.1, 0.15) is 0 Å². The zero-order valence-corrected chi connectivity index (χ0v) is 15.0. The molecule has 1 aliphatic heterocycles. The molecule has 2 aromatic rings. The van der Waals surface area contributed by atoms with Crippen LogP contribution in [-0.2, 0) is 4.74 Å². The van der Waals surface area contributed by atoms with Gasteiger partial charge in [-0.1, -0.05) is 17.7 Å². The average molecular weight is 377 g/mol. The third-order valence-electron chi connectivity index (χ3n) is 3.79. The predicted molar refractivity (Wildman–Crippen MR) is 102 cm³/mol. The van der Waals surface area contributed by atoms with Crippen molar-refractivity contribution >= 4 is 35.0 Å². The van der Waals surface area contributed by atoms with Crippen molar-refractivity contribution in [2.45, 2.75) is 0 Å². The predicted octanol–water partition coefficient (Wildman–Crippen LogP) is 2.20. The molecule has 0 aliphatic carbocycles. The van der Waals surface area contributed by atoms with Gasteiger partial charge in [-0.25, -0.2) is 14.8 Å². The van der Waals surface area contributed by atoms with Crippen molar-refractivity contribution in [3.8, 4) is 0 Å². The molecular formula is C17H21ClN6O2. The Morgan fingerprint density at radius 2 is 2.04 bits per heavy atom. The van der Waals surface area contributed by atoms with Gasteiger partial charge in [-0.15, -0.1) is 0 Å². The van der Waals surface area contributed by atoms with E-state index in [-0.39, 0.29) is 6.03 Å². The molecule has 8 nitrogen and oxygen atoms in total. The number of morpholine rings is 1. The Balaban J connectivity index is 1.41. The van der Waals surface area contributed by atoms with E-state index in [1.165, 1.54) is 6.33 Å². The average Bonchev–Trinajstić information content (AvgIpc) is 2.66. The van der Waals surface area contributed by atoms with Gasteiger partial charge < -0.3 is 25.6 Å². The van der Waals surface area contributed by atoms with Crippen molar-refractivity contribution in [3.63, 3.8) is 0 Å². The number of benzene rings is 1. The second-order valence-electron chi connectivity index (χ2n) is 5.68. The van der Waals surface area contributed by atoms with Gasteiger partial charge in [-0.3, -0.25) is 0 Å². The summed E-state index contributed by atoms with van der Waals surface area (Å²) in [4.78, 5) is 22.5. The maximum Gasteiger partial charge on any atom is 0.319 e. The van der Waals surface area contributed by atoms with Gasteiger partial charge in [-0.2, -0.15) is 0 Å². The fourth-order valence-corrected chi connectivity index (χ4v) is 2.71. The van der Waals surface area contributed by atoms with Gasteiger partial charge in [0.2, 0.25) is 0 Å². The summed E-state index contributed by atoms with van der Waals surface area (Å²) in [5.74, 6) is 1.59. The van der Waals surface area contributed by atoms with Crippen molar-refractivity contribution in [2.75, 3.05) is 54.9 Å². The number of ether oxygens (including phenoxy) is 1. The highest BCUT2D eigenvalue weighted by Gasteiger charge is 2.12. The molecule has 1 aromatic carbocycles. The number of nitrogens with zero attached hydrogens (tertiary/aromatic N) is 3. The second-order valence-corrected chi connectivity index (χ2v) is 6.12. The van der Waals surface area contributed by atoms with Gasteiger partial charge in [-0.05, 0) is 18.2 Å². The molecule has 3 rings (SSSR count). The number of hydrogen-bond acceptors (Lipinski definition) is 6. The Morgan fingerprint density at radius 3 is 2.85 bits per heavy atom. The van der Waals surface area contributed by atoms with E-state index in [0.29, 0.717) is 37.0 Å². The SMILES string of the molecule is O=C(NCCNc1cc(N2CCOCC2)ncn1)Nc1cccc(Cl)c1. The molecular weight excluding hydrogens is 356 g/mol. The van der Waals surface area contributed by atoms with Crippen LogP contribution >= 0.6 is 11.6 Å². The van der Waals surface area contributed by atoms with Gasteiger partial charge in [0, 0.05) is 43.0 Å². The van der Waals surface area contributed by atoms with E-state index < -0.39 is 0 Å². The number of nitrogens with one attached hydrogen (secondary N) is 3. The Hall–Kier alpha value is -2.58. The van der Waals surface area contributed by atoms with Crippen molar-refractivity contribution in [1.82, 2.24) is 15.3 Å². The van der Waals surface area contributed by atoms with Crippen LogP contribution in [0.15, 0.2) is 36.7 Å². The molecule has 0 saturated carbocycles. The van der Waals surface area contributed by atoms with Crippen LogP contribution in [0.2, 0.25) is 5.02 Å². The number of urea groups is 1. The topological polar surface area (TPSA) is 91.4 Å². The summed E-state index contributed by atoms with van der Waals surface area (Å²) >= 11 is 5.89. The lowest BCUT2D eigenvalue weighted by Crippen LogP contribution is -2.36. The summed E-state index contributed by atoms with van der Waals surface area (Å²) < 4.78 is 5.35. The van der Waals surface area contributed by atoms with Crippen LogP contribution in [0, 0.1) is 0 Å². The first-order valence-corrected chi connectivity index (χ1v) is 8.77. The molecule has 0 spiro atoms. The summed E-state index contributed by atoms with van der Waals surface area (Å²) in [6.07, 6.45) is 1.53. The minimum atomic E-state index is -0.286. The van der Waals surface area contributed by atoms with E-state index in [0.717, 1.165) is 24.7 Å². The summed E-state index contributed by atoms with van der Waals surface area (Å²) in [5, 5.41) is 9.25. The molecule has 2 amide bonds. The van der Waals surface area contributed by atoms with Crippen molar-refractivity contribution < 1.29 is 9.53 Å². The fourth-order valence-electron chi connectivity index (χ4n) is 2.52. The highest BCUT2D eigenvalue weighted by atomic mass is 35.5. The first-order valence-electron chi connectivity index (χ1n) is 8.40. The molecule has 26 heavy (non-hydrogen) atoms. The molecule has 0 radical (unpaired) electrons. The first-order chi connectivity index (χ1) is 12.7. The van der Waals surface area contributed by atoms with Crippen molar-refractivity contribution in [3.05, 3.63) is 41.7 Å². The maximum absolute atomic E-state index is 11.9. The summed E-state index contributed by atoms with van der Waals surface area (Å²) in [7, 11) is 0. The summed E-state index contributed by atoms with van der Waals surface area (Å²) in [5.41, 5.74) is 0.647. The van der Waals surface area contributed by atoms with E-state index in [1.54, 1.807) is 24.3 Å². The molecule has 1 saturated heterocycles. The third-order valence-corrected chi connectivity index (χ3v) is 4.02. The summed E-state index contributed by atoms with van der Waals surface area (Å²) in [6, 6.07) is 8.61. The van der Waals surface area contributed by atoms with Crippen molar-refractivity contribution in [2.24, 2.45) is 0 Å². The van der Waals surface area contributed by atoms with Gasteiger partial charge in [0.25, 0.3) is 0 Å². The highest BCUT2D eigenvalue weighted by Crippen LogP contribution is 2.15. The fraction of sp³-hybridized carbons (Fsp3) is 0.353. The Kier molecular flexibility index (Phi) is 6.45. The van der Waals surface area contributed by atoms with E-state index >= 15 is 0 Å². The number of aromatic nitrogens is 2. The van der Waals surface area contributed by atoms with Crippen LogP contribution in [0.3, 0.4) is 0 Å². The van der Waals surface area contributed by atoms with Gasteiger partial charge in [0.05, 0.1) is 13.2 Å². The van der Waals surface area contributed by atoms with Crippen LogP contribution < -0.4 is 20.9 Å². The van der Waals surface area contributed by atoms with Crippen LogP contribution in [0.4, 0.5) is 22.1 Å². The molecule has 1 fully saturated rings. The lowest BCUT2D eigenvalue weighted by atomic mass is 10.3. The normalized spacial score (nSPS) is 14.0. The molecule has 9 heteroatoms. The van der Waals surface area contributed by atoms with Gasteiger partial charge in [0.15, 0.2) is 0 Å². The van der Waals surface area contributed by atoms with E-state index in [1.807, 2.05) is 6.07 Å². The molecule has 0 atom stereocenters. The minimum absolute atomic E-state index is 0.286. The zero-order valence-electron chi connectivity index (χ0n) is 14.2. The molecule has 1 aliphatic rings. The number of amides is 2. The lowest BCUT2D eigenvalue weighted by Gasteiger charge is -2.27. The van der Waals surface area contributed by atoms with Crippen LogP contribution in [-0.4, -0.2) is 55.4 Å². The van der Waals surface area contributed by atoms with Crippen molar-refractivity contribution in [1.29, 1.82) is 0 Å². The summed E-state index contributed by atoms with van der Waals surface area (Å²) in [6.45, 7) is 4.05. The Bertz CT molecular complexity index is 739. The molecule has 1 aromatic heterocycles. The molecule has 0 bridgehead atoms. The smallest absolute Gasteiger partial charge is 0.319 e. The molecule has 3 N–H and O–H groups in total. The molecule has 2 heterocycles. The zero-order chi connectivity index (χ0) is 18.2. The van der Waals surface area contributed by atoms with Gasteiger partial charge in [0.1, 0.15) is 18.0 Å². The second kappa shape index (κ2) is 9.21. The number of carbonyl (C=O) groups excluding carboxylic acids is 1.